The Morgan fingerprint density at radius 1 is 1.17 bits per heavy atom. The largest absolute Gasteiger partial charge is 0.506 e. The third-order valence-electron chi connectivity index (χ3n) is 4.31. The van der Waals surface area contributed by atoms with Crippen LogP contribution in [0.1, 0.15) is 23.3 Å². The number of phenols is 1. The monoisotopic (exact) mass is 438 g/mol. The van der Waals surface area contributed by atoms with Gasteiger partial charge in [0.05, 0.1) is 17.1 Å². The molecule has 0 radical (unpaired) electrons. The summed E-state index contributed by atoms with van der Waals surface area (Å²) in [5.74, 6) is -1.54. The fourth-order valence-electron chi connectivity index (χ4n) is 2.83. The van der Waals surface area contributed by atoms with E-state index in [1.165, 1.54) is 40.8 Å². The molecule has 0 bridgehead atoms. The predicted molar refractivity (Wildman–Crippen MR) is 106 cm³/mol. The summed E-state index contributed by atoms with van der Waals surface area (Å²) in [4.78, 5) is 28.0. The van der Waals surface area contributed by atoms with Gasteiger partial charge in [-0.3, -0.25) is 14.6 Å². The van der Waals surface area contributed by atoms with E-state index < -0.39 is 28.4 Å². The molecule has 0 saturated carbocycles. The SMILES string of the molecule is O=C(CNC(=O)c1cc(Cl)ccn1)Nc1cc(S(=O)(=O)N2CCCC2)ccc1O. The van der Waals surface area contributed by atoms with Gasteiger partial charge in [0.2, 0.25) is 15.9 Å². The van der Waals surface area contributed by atoms with Crippen LogP contribution >= 0.6 is 11.6 Å². The van der Waals surface area contributed by atoms with Gasteiger partial charge in [-0.2, -0.15) is 4.31 Å². The number of hydrogen-bond acceptors (Lipinski definition) is 6. The minimum Gasteiger partial charge on any atom is -0.506 e. The molecule has 3 N–H and O–H groups in total. The molecule has 1 aromatic heterocycles. The molecule has 0 spiro atoms. The number of sulfonamides is 1. The Bertz CT molecular complexity index is 1040. The molecule has 0 aliphatic carbocycles. The molecule has 29 heavy (non-hydrogen) atoms. The standard InChI is InChI=1S/C18H19ClN4O5S/c19-12-5-6-20-15(9-12)18(26)21-11-17(25)22-14-10-13(3-4-16(14)24)29(27,28)23-7-1-2-8-23/h3-6,9-10,24H,1-2,7-8,11H2,(H,21,26)(H,22,25). The number of halogens is 1. The molecule has 2 amide bonds. The zero-order chi connectivity index (χ0) is 21.0. The molecule has 1 saturated heterocycles. The van der Waals surface area contributed by atoms with Crippen molar-refractivity contribution >= 4 is 39.1 Å². The number of rotatable bonds is 6. The highest BCUT2D eigenvalue weighted by Crippen LogP contribution is 2.29. The Morgan fingerprint density at radius 2 is 1.90 bits per heavy atom. The fraction of sp³-hybridized carbons (Fsp3) is 0.278. The molecular formula is C18H19ClN4O5S. The smallest absolute Gasteiger partial charge is 0.270 e. The summed E-state index contributed by atoms with van der Waals surface area (Å²) in [5.41, 5.74) is -0.0164. The van der Waals surface area contributed by atoms with Crippen molar-refractivity contribution in [3.8, 4) is 5.75 Å². The number of hydrogen-bond donors (Lipinski definition) is 3. The average molecular weight is 439 g/mol. The lowest BCUT2D eigenvalue weighted by Gasteiger charge is -2.16. The first-order chi connectivity index (χ1) is 13.8. The first-order valence-electron chi connectivity index (χ1n) is 8.80. The van der Waals surface area contributed by atoms with Crippen LogP contribution in [0.4, 0.5) is 5.69 Å². The van der Waals surface area contributed by atoms with Gasteiger partial charge in [0.1, 0.15) is 11.4 Å². The van der Waals surface area contributed by atoms with E-state index in [1.54, 1.807) is 0 Å². The van der Waals surface area contributed by atoms with Crippen LogP contribution in [-0.2, 0) is 14.8 Å². The first kappa shape index (κ1) is 21.0. The summed E-state index contributed by atoms with van der Waals surface area (Å²) in [6, 6.07) is 6.55. The van der Waals surface area contributed by atoms with Gasteiger partial charge in [0, 0.05) is 24.3 Å². The minimum atomic E-state index is -3.70. The summed E-state index contributed by atoms with van der Waals surface area (Å²) >= 11 is 5.80. The van der Waals surface area contributed by atoms with Gasteiger partial charge in [-0.1, -0.05) is 11.6 Å². The molecular weight excluding hydrogens is 420 g/mol. The van der Waals surface area contributed by atoms with Gasteiger partial charge < -0.3 is 15.7 Å². The fourth-order valence-corrected chi connectivity index (χ4v) is 4.53. The van der Waals surface area contributed by atoms with Crippen molar-refractivity contribution in [3.63, 3.8) is 0 Å². The number of anilines is 1. The molecule has 11 heteroatoms. The third-order valence-corrected chi connectivity index (χ3v) is 6.44. The lowest BCUT2D eigenvalue weighted by Crippen LogP contribution is -2.33. The molecule has 0 atom stereocenters. The van der Waals surface area contributed by atoms with Gasteiger partial charge in [-0.05, 0) is 43.2 Å². The second-order valence-corrected chi connectivity index (χ2v) is 8.75. The molecule has 3 rings (SSSR count). The number of nitrogens with zero attached hydrogens (tertiary/aromatic N) is 2. The van der Waals surface area contributed by atoms with Crippen LogP contribution in [0.5, 0.6) is 5.75 Å². The Morgan fingerprint density at radius 3 is 2.59 bits per heavy atom. The van der Waals surface area contributed by atoms with Crippen molar-refractivity contribution in [2.45, 2.75) is 17.7 Å². The highest BCUT2D eigenvalue weighted by Gasteiger charge is 2.28. The quantitative estimate of drug-likeness (QED) is 0.587. The van der Waals surface area contributed by atoms with Crippen LogP contribution in [0.15, 0.2) is 41.4 Å². The van der Waals surface area contributed by atoms with E-state index in [0.29, 0.717) is 18.1 Å². The van der Waals surface area contributed by atoms with Crippen LogP contribution < -0.4 is 10.6 Å². The maximum absolute atomic E-state index is 12.6. The summed E-state index contributed by atoms with van der Waals surface area (Å²) in [6.07, 6.45) is 2.95. The summed E-state index contributed by atoms with van der Waals surface area (Å²) in [6.45, 7) is 0.471. The molecule has 2 aromatic rings. The van der Waals surface area contributed by atoms with Gasteiger partial charge >= 0.3 is 0 Å². The first-order valence-corrected chi connectivity index (χ1v) is 10.6. The maximum atomic E-state index is 12.6. The Hall–Kier alpha value is -2.69. The molecule has 9 nitrogen and oxygen atoms in total. The lowest BCUT2D eigenvalue weighted by molar-refractivity contribution is -0.115. The van der Waals surface area contributed by atoms with Crippen LogP contribution in [0.2, 0.25) is 5.02 Å². The van der Waals surface area contributed by atoms with Gasteiger partial charge in [0.15, 0.2) is 0 Å². The van der Waals surface area contributed by atoms with E-state index in [9.17, 15) is 23.1 Å². The summed E-state index contributed by atoms with van der Waals surface area (Å²) in [5, 5.41) is 15.1. The van der Waals surface area contributed by atoms with E-state index in [0.717, 1.165) is 12.8 Å². The molecule has 0 unspecified atom stereocenters. The topological polar surface area (TPSA) is 129 Å². The number of carbonyl (C=O) groups is 2. The van der Waals surface area contributed by atoms with E-state index in [4.69, 9.17) is 11.6 Å². The van der Waals surface area contributed by atoms with Crippen LogP contribution in [0, 0.1) is 0 Å². The number of aromatic hydroxyl groups is 1. The van der Waals surface area contributed by atoms with E-state index >= 15 is 0 Å². The van der Waals surface area contributed by atoms with Crippen LogP contribution in [0.25, 0.3) is 0 Å². The summed E-state index contributed by atoms with van der Waals surface area (Å²) < 4.78 is 26.6. The highest BCUT2D eigenvalue weighted by atomic mass is 35.5. The van der Waals surface area contributed by atoms with Crippen molar-refractivity contribution < 1.29 is 23.1 Å². The molecule has 1 aliphatic heterocycles. The number of nitrogens with one attached hydrogen (secondary N) is 2. The second kappa shape index (κ2) is 8.76. The van der Waals surface area contributed by atoms with E-state index in [2.05, 4.69) is 15.6 Å². The lowest BCUT2D eigenvalue weighted by atomic mass is 10.3. The minimum absolute atomic E-state index is 0.0281. The average Bonchev–Trinajstić information content (AvgIpc) is 3.23. The molecule has 1 fully saturated rings. The molecule has 1 aromatic carbocycles. The molecule has 2 heterocycles. The zero-order valence-corrected chi connectivity index (χ0v) is 16.8. The Balaban J connectivity index is 1.66. The van der Waals surface area contributed by atoms with E-state index in [1.807, 2.05) is 0 Å². The van der Waals surface area contributed by atoms with Crippen molar-refractivity contribution in [1.82, 2.24) is 14.6 Å². The van der Waals surface area contributed by atoms with Crippen molar-refractivity contribution in [1.29, 1.82) is 0 Å². The zero-order valence-electron chi connectivity index (χ0n) is 15.3. The number of phenolic OH excluding ortho intramolecular Hbond substituents is 1. The second-order valence-electron chi connectivity index (χ2n) is 6.38. The van der Waals surface area contributed by atoms with Crippen molar-refractivity contribution in [2.24, 2.45) is 0 Å². The number of benzene rings is 1. The number of amides is 2. The van der Waals surface area contributed by atoms with Gasteiger partial charge in [0.25, 0.3) is 5.91 Å². The van der Waals surface area contributed by atoms with Crippen LogP contribution in [-0.4, -0.2) is 54.3 Å². The number of carbonyl (C=O) groups excluding carboxylic acids is 2. The molecule has 1 aliphatic rings. The van der Waals surface area contributed by atoms with Gasteiger partial charge in [-0.15, -0.1) is 0 Å². The highest BCUT2D eigenvalue weighted by molar-refractivity contribution is 7.89. The van der Waals surface area contributed by atoms with Crippen molar-refractivity contribution in [3.05, 3.63) is 47.2 Å². The normalized spacial score (nSPS) is 14.5. The maximum Gasteiger partial charge on any atom is 0.270 e. The van der Waals surface area contributed by atoms with E-state index in [-0.39, 0.29) is 22.0 Å². The number of aromatic nitrogens is 1. The predicted octanol–water partition coefficient (Wildman–Crippen LogP) is 1.59. The molecule has 154 valence electrons. The third kappa shape index (κ3) is 5.03. The van der Waals surface area contributed by atoms with Gasteiger partial charge in [-0.25, -0.2) is 8.42 Å². The summed E-state index contributed by atoms with van der Waals surface area (Å²) in [7, 11) is -3.70. The Labute approximate surface area is 172 Å². The van der Waals surface area contributed by atoms with Crippen molar-refractivity contribution in [2.75, 3.05) is 25.0 Å². The van der Waals surface area contributed by atoms with Crippen LogP contribution in [0.3, 0.4) is 0 Å². The Kier molecular flexibility index (Phi) is 6.36. The number of pyridine rings is 1.